The van der Waals surface area contributed by atoms with E-state index >= 15 is 0 Å². The summed E-state index contributed by atoms with van der Waals surface area (Å²) in [7, 11) is 0. The van der Waals surface area contributed by atoms with Gasteiger partial charge in [-0.15, -0.1) is 0 Å². The molecule has 0 aliphatic rings. The summed E-state index contributed by atoms with van der Waals surface area (Å²) in [6.45, 7) is 5.61. The summed E-state index contributed by atoms with van der Waals surface area (Å²) in [6.07, 6.45) is 0. The predicted molar refractivity (Wildman–Crippen MR) is 97.1 cm³/mol. The number of para-hydroxylation sites is 1. The normalized spacial score (nSPS) is 10.3. The molecule has 0 heterocycles. The van der Waals surface area contributed by atoms with Crippen molar-refractivity contribution in [2.75, 3.05) is 11.9 Å². The SMILES string of the molecule is CC(=O)N(CC(=O)Nc1c(C)cccc1C)Cc1ccccc1Cl. The minimum atomic E-state index is -0.227. The fraction of sp³-hybridized carbons (Fsp3) is 0.263. The predicted octanol–water partition coefficient (Wildman–Crippen LogP) is 3.94. The molecule has 2 aromatic carbocycles. The number of nitrogens with zero attached hydrogens (tertiary/aromatic N) is 1. The number of anilines is 1. The number of hydrogen-bond acceptors (Lipinski definition) is 2. The van der Waals surface area contributed by atoms with E-state index in [0.29, 0.717) is 11.6 Å². The fourth-order valence-electron chi connectivity index (χ4n) is 2.47. The van der Waals surface area contributed by atoms with E-state index < -0.39 is 0 Å². The molecule has 0 saturated carbocycles. The van der Waals surface area contributed by atoms with Gasteiger partial charge < -0.3 is 10.2 Å². The van der Waals surface area contributed by atoms with Crippen LogP contribution in [0.3, 0.4) is 0 Å². The van der Waals surface area contributed by atoms with Gasteiger partial charge >= 0.3 is 0 Å². The third-order valence-electron chi connectivity index (χ3n) is 3.84. The van der Waals surface area contributed by atoms with E-state index in [-0.39, 0.29) is 18.4 Å². The lowest BCUT2D eigenvalue weighted by Gasteiger charge is -2.22. The lowest BCUT2D eigenvalue weighted by Crippen LogP contribution is -2.36. The summed E-state index contributed by atoms with van der Waals surface area (Å²) in [4.78, 5) is 25.7. The Morgan fingerprint density at radius 2 is 1.67 bits per heavy atom. The van der Waals surface area contributed by atoms with Gasteiger partial charge in [0.2, 0.25) is 11.8 Å². The highest BCUT2D eigenvalue weighted by Gasteiger charge is 2.16. The molecule has 4 nitrogen and oxygen atoms in total. The van der Waals surface area contributed by atoms with Gasteiger partial charge in [0.15, 0.2) is 0 Å². The van der Waals surface area contributed by atoms with E-state index in [2.05, 4.69) is 5.32 Å². The van der Waals surface area contributed by atoms with Crippen molar-refractivity contribution in [2.24, 2.45) is 0 Å². The Balaban J connectivity index is 2.09. The number of benzene rings is 2. The first-order chi connectivity index (χ1) is 11.4. The summed E-state index contributed by atoms with van der Waals surface area (Å²) >= 11 is 6.14. The summed E-state index contributed by atoms with van der Waals surface area (Å²) in [5.41, 5.74) is 3.59. The van der Waals surface area contributed by atoms with Gasteiger partial charge in [0.25, 0.3) is 0 Å². The molecule has 0 saturated heterocycles. The Labute approximate surface area is 147 Å². The summed E-state index contributed by atoms with van der Waals surface area (Å²) in [5.74, 6) is -0.402. The van der Waals surface area contributed by atoms with Crippen LogP contribution in [0.5, 0.6) is 0 Å². The summed E-state index contributed by atoms with van der Waals surface area (Å²) < 4.78 is 0. The Kier molecular flexibility index (Phi) is 5.99. The van der Waals surface area contributed by atoms with E-state index in [0.717, 1.165) is 22.4 Å². The highest BCUT2D eigenvalue weighted by atomic mass is 35.5. The van der Waals surface area contributed by atoms with Gasteiger partial charge in [-0.05, 0) is 36.6 Å². The first-order valence-corrected chi connectivity index (χ1v) is 8.11. The first-order valence-electron chi connectivity index (χ1n) is 7.73. The molecule has 0 unspecified atom stereocenters. The molecule has 0 atom stereocenters. The molecular weight excluding hydrogens is 324 g/mol. The van der Waals surface area contributed by atoms with Gasteiger partial charge in [0.1, 0.15) is 6.54 Å². The van der Waals surface area contributed by atoms with E-state index in [1.165, 1.54) is 11.8 Å². The Hall–Kier alpha value is -2.33. The third kappa shape index (κ3) is 4.59. The minimum Gasteiger partial charge on any atom is -0.329 e. The Morgan fingerprint density at radius 1 is 1.04 bits per heavy atom. The van der Waals surface area contributed by atoms with Gasteiger partial charge in [0, 0.05) is 24.2 Å². The van der Waals surface area contributed by atoms with Crippen molar-refractivity contribution in [3.8, 4) is 0 Å². The number of nitrogens with one attached hydrogen (secondary N) is 1. The van der Waals surface area contributed by atoms with Gasteiger partial charge in [-0.1, -0.05) is 48.0 Å². The van der Waals surface area contributed by atoms with Crippen LogP contribution in [-0.2, 0) is 16.1 Å². The highest BCUT2D eigenvalue weighted by molar-refractivity contribution is 6.31. The zero-order chi connectivity index (χ0) is 17.7. The molecule has 2 rings (SSSR count). The molecular formula is C19H21ClN2O2. The zero-order valence-electron chi connectivity index (χ0n) is 14.1. The second kappa shape index (κ2) is 7.97. The molecule has 0 aromatic heterocycles. The average Bonchev–Trinajstić information content (AvgIpc) is 2.52. The molecule has 0 fully saturated rings. The topological polar surface area (TPSA) is 49.4 Å². The quantitative estimate of drug-likeness (QED) is 0.893. The van der Waals surface area contributed by atoms with Gasteiger partial charge in [-0.25, -0.2) is 0 Å². The van der Waals surface area contributed by atoms with Crippen molar-refractivity contribution in [3.05, 3.63) is 64.2 Å². The molecule has 0 radical (unpaired) electrons. The largest absolute Gasteiger partial charge is 0.329 e. The highest BCUT2D eigenvalue weighted by Crippen LogP contribution is 2.20. The average molecular weight is 345 g/mol. The number of rotatable bonds is 5. The smallest absolute Gasteiger partial charge is 0.244 e. The Bertz CT molecular complexity index is 739. The maximum atomic E-state index is 12.4. The van der Waals surface area contributed by atoms with Crippen LogP contribution >= 0.6 is 11.6 Å². The number of carbonyl (C=O) groups is 2. The second-order valence-electron chi connectivity index (χ2n) is 5.78. The molecule has 5 heteroatoms. The van der Waals surface area contributed by atoms with E-state index in [1.54, 1.807) is 6.07 Å². The van der Waals surface area contributed by atoms with Crippen molar-refractivity contribution in [2.45, 2.75) is 27.3 Å². The molecule has 0 aliphatic heterocycles. The van der Waals surface area contributed by atoms with Crippen LogP contribution in [0, 0.1) is 13.8 Å². The molecule has 126 valence electrons. The lowest BCUT2D eigenvalue weighted by atomic mass is 10.1. The maximum absolute atomic E-state index is 12.4. The van der Waals surface area contributed by atoms with Gasteiger partial charge in [0.05, 0.1) is 0 Å². The van der Waals surface area contributed by atoms with E-state index in [4.69, 9.17) is 11.6 Å². The monoisotopic (exact) mass is 344 g/mol. The van der Waals surface area contributed by atoms with Crippen molar-refractivity contribution in [3.63, 3.8) is 0 Å². The number of amides is 2. The Morgan fingerprint density at radius 3 is 2.25 bits per heavy atom. The van der Waals surface area contributed by atoms with Gasteiger partial charge in [-0.2, -0.15) is 0 Å². The van der Waals surface area contributed by atoms with E-state index in [1.807, 2.05) is 50.2 Å². The van der Waals surface area contributed by atoms with Crippen molar-refractivity contribution in [1.82, 2.24) is 4.90 Å². The fourth-order valence-corrected chi connectivity index (χ4v) is 2.67. The van der Waals surface area contributed by atoms with Crippen molar-refractivity contribution >= 4 is 29.1 Å². The molecule has 2 amide bonds. The molecule has 0 aliphatic carbocycles. The van der Waals surface area contributed by atoms with Crippen LogP contribution in [0.15, 0.2) is 42.5 Å². The maximum Gasteiger partial charge on any atom is 0.244 e. The van der Waals surface area contributed by atoms with E-state index in [9.17, 15) is 9.59 Å². The van der Waals surface area contributed by atoms with Crippen LogP contribution in [0.4, 0.5) is 5.69 Å². The molecule has 1 N–H and O–H groups in total. The van der Waals surface area contributed by atoms with Crippen LogP contribution in [0.2, 0.25) is 5.02 Å². The number of carbonyl (C=O) groups excluding carboxylic acids is 2. The molecule has 0 bridgehead atoms. The number of hydrogen-bond donors (Lipinski definition) is 1. The number of halogens is 1. The van der Waals surface area contributed by atoms with Crippen LogP contribution in [-0.4, -0.2) is 23.3 Å². The summed E-state index contributed by atoms with van der Waals surface area (Å²) in [6, 6.07) is 13.1. The summed E-state index contributed by atoms with van der Waals surface area (Å²) in [5, 5.41) is 3.48. The number of aryl methyl sites for hydroxylation is 2. The lowest BCUT2D eigenvalue weighted by molar-refractivity contribution is -0.133. The third-order valence-corrected chi connectivity index (χ3v) is 4.21. The molecule has 2 aromatic rings. The zero-order valence-corrected chi connectivity index (χ0v) is 14.9. The molecule has 24 heavy (non-hydrogen) atoms. The van der Waals surface area contributed by atoms with Crippen molar-refractivity contribution < 1.29 is 9.59 Å². The van der Waals surface area contributed by atoms with Crippen molar-refractivity contribution in [1.29, 1.82) is 0 Å². The van der Waals surface area contributed by atoms with Crippen LogP contribution in [0.25, 0.3) is 0 Å². The standard InChI is InChI=1S/C19H21ClN2O2/c1-13-7-6-8-14(2)19(13)21-18(24)12-22(15(3)23)11-16-9-4-5-10-17(16)20/h4-10H,11-12H2,1-3H3,(H,21,24). The minimum absolute atomic E-state index is 0.0195. The van der Waals surface area contributed by atoms with Crippen LogP contribution < -0.4 is 5.32 Å². The first kappa shape index (κ1) is 18.0. The second-order valence-corrected chi connectivity index (χ2v) is 6.19. The molecule has 0 spiro atoms. The van der Waals surface area contributed by atoms with Crippen LogP contribution in [0.1, 0.15) is 23.6 Å². The van der Waals surface area contributed by atoms with Gasteiger partial charge in [-0.3, -0.25) is 9.59 Å².